The first-order chi connectivity index (χ1) is 10.1. The molecule has 0 fully saturated rings. The van der Waals surface area contributed by atoms with Gasteiger partial charge in [-0.2, -0.15) is 5.26 Å². The zero-order valence-corrected chi connectivity index (χ0v) is 13.7. The molecule has 106 valence electrons. The normalized spacial score (nSPS) is 9.95. The Hall–Kier alpha value is -1.84. The predicted octanol–water partition coefficient (Wildman–Crippen LogP) is 3.76. The van der Waals surface area contributed by atoms with E-state index in [2.05, 4.69) is 26.2 Å². The van der Waals surface area contributed by atoms with Crippen molar-refractivity contribution in [2.45, 2.75) is 11.9 Å². The summed E-state index contributed by atoms with van der Waals surface area (Å²) in [6.07, 6.45) is 1.56. The van der Waals surface area contributed by atoms with E-state index in [0.717, 1.165) is 15.7 Å². The largest absolute Gasteiger partial charge is 0.324 e. The summed E-state index contributed by atoms with van der Waals surface area (Å²) in [5, 5.41) is 12.3. The minimum atomic E-state index is -0.117. The molecule has 0 spiro atoms. The van der Waals surface area contributed by atoms with Crippen LogP contribution < -0.4 is 5.32 Å². The van der Waals surface area contributed by atoms with E-state index in [1.165, 1.54) is 11.8 Å². The monoisotopic (exact) mass is 361 g/mol. The van der Waals surface area contributed by atoms with Gasteiger partial charge in [0.1, 0.15) is 0 Å². The summed E-state index contributed by atoms with van der Waals surface area (Å²) in [7, 11) is 0. The number of carbonyl (C=O) groups excluding carboxylic acids is 1. The maximum absolute atomic E-state index is 11.9. The molecule has 1 N–H and O–H groups in total. The van der Waals surface area contributed by atoms with Gasteiger partial charge < -0.3 is 5.32 Å². The van der Waals surface area contributed by atoms with Crippen molar-refractivity contribution in [2.24, 2.45) is 0 Å². The van der Waals surface area contributed by atoms with Crippen molar-refractivity contribution in [1.29, 1.82) is 5.26 Å². The van der Waals surface area contributed by atoms with Gasteiger partial charge in [-0.25, -0.2) is 4.98 Å². The zero-order chi connectivity index (χ0) is 15.2. The number of benzene rings is 1. The molecule has 0 atom stereocenters. The molecule has 2 rings (SSSR count). The van der Waals surface area contributed by atoms with Crippen LogP contribution in [0, 0.1) is 18.3 Å². The molecular weight excluding hydrogens is 350 g/mol. The highest BCUT2D eigenvalue weighted by Crippen LogP contribution is 2.24. The third-order valence-corrected chi connectivity index (χ3v) is 4.20. The van der Waals surface area contributed by atoms with E-state index in [1.807, 2.05) is 31.2 Å². The van der Waals surface area contributed by atoms with Gasteiger partial charge in [-0.3, -0.25) is 4.79 Å². The number of hydrogen-bond donors (Lipinski definition) is 1. The second kappa shape index (κ2) is 7.25. The van der Waals surface area contributed by atoms with E-state index in [0.29, 0.717) is 10.6 Å². The van der Waals surface area contributed by atoms with Gasteiger partial charge in [0, 0.05) is 10.7 Å². The molecule has 0 aliphatic heterocycles. The molecular formula is C15H12BrN3OS. The van der Waals surface area contributed by atoms with Crippen molar-refractivity contribution in [3.8, 4) is 6.07 Å². The summed E-state index contributed by atoms with van der Waals surface area (Å²) in [5.41, 5.74) is 2.39. The lowest BCUT2D eigenvalue weighted by molar-refractivity contribution is -0.113. The van der Waals surface area contributed by atoms with Crippen LogP contribution in [0.4, 0.5) is 5.69 Å². The fourth-order valence-corrected chi connectivity index (χ4v) is 2.89. The second-order valence-electron chi connectivity index (χ2n) is 4.31. The molecule has 0 saturated heterocycles. The minimum absolute atomic E-state index is 0.117. The number of halogens is 1. The van der Waals surface area contributed by atoms with E-state index >= 15 is 0 Å². The Morgan fingerprint density at radius 3 is 2.95 bits per heavy atom. The highest BCUT2D eigenvalue weighted by molar-refractivity contribution is 9.10. The Bertz CT molecular complexity index is 712. The molecule has 1 aromatic heterocycles. The molecule has 1 heterocycles. The highest BCUT2D eigenvalue weighted by atomic mass is 79.9. The van der Waals surface area contributed by atoms with E-state index in [4.69, 9.17) is 5.26 Å². The summed E-state index contributed by atoms with van der Waals surface area (Å²) < 4.78 is 0.852. The molecule has 2 aromatic rings. The molecule has 21 heavy (non-hydrogen) atoms. The average molecular weight is 362 g/mol. The quantitative estimate of drug-likeness (QED) is 0.842. The third-order valence-electron chi connectivity index (χ3n) is 2.61. The lowest BCUT2D eigenvalue weighted by Crippen LogP contribution is -2.14. The summed E-state index contributed by atoms with van der Waals surface area (Å²) in [6.45, 7) is 1.99. The number of nitriles is 1. The molecule has 1 amide bonds. The summed E-state index contributed by atoms with van der Waals surface area (Å²) in [6, 6.07) is 11.1. The minimum Gasteiger partial charge on any atom is -0.324 e. The Kier molecular flexibility index (Phi) is 5.37. The Labute approximate surface area is 135 Å². The maximum atomic E-state index is 11.9. The summed E-state index contributed by atoms with van der Waals surface area (Å²) >= 11 is 4.72. The third kappa shape index (κ3) is 4.59. The Morgan fingerprint density at radius 2 is 2.24 bits per heavy atom. The number of thioether (sulfide) groups is 1. The first-order valence-corrected chi connectivity index (χ1v) is 7.91. The molecule has 0 radical (unpaired) electrons. The van der Waals surface area contributed by atoms with Crippen molar-refractivity contribution in [3.63, 3.8) is 0 Å². The van der Waals surface area contributed by atoms with E-state index in [1.54, 1.807) is 18.3 Å². The molecule has 6 heteroatoms. The van der Waals surface area contributed by atoms with E-state index in [9.17, 15) is 4.79 Å². The van der Waals surface area contributed by atoms with Gasteiger partial charge in [-0.05, 0) is 52.7 Å². The van der Waals surface area contributed by atoms with Gasteiger partial charge in [0.15, 0.2) is 0 Å². The molecule has 0 saturated carbocycles. The van der Waals surface area contributed by atoms with Gasteiger partial charge in [0.2, 0.25) is 5.91 Å². The molecule has 4 nitrogen and oxygen atoms in total. The number of pyridine rings is 1. The standard InChI is InChI=1S/C15H12BrN3OS/c1-10-2-3-13(12(16)6-10)19-14(20)9-21-15-7-11(8-17)4-5-18-15/h2-7H,9H2,1H3,(H,19,20). The van der Waals surface area contributed by atoms with Crippen molar-refractivity contribution in [2.75, 3.05) is 11.1 Å². The van der Waals surface area contributed by atoms with Crippen molar-refractivity contribution < 1.29 is 4.79 Å². The first kappa shape index (κ1) is 15.5. The number of amides is 1. The number of nitrogens with zero attached hydrogens (tertiary/aromatic N) is 2. The lowest BCUT2D eigenvalue weighted by atomic mass is 10.2. The fourth-order valence-electron chi connectivity index (χ4n) is 1.61. The first-order valence-electron chi connectivity index (χ1n) is 6.13. The number of nitrogens with one attached hydrogen (secondary N) is 1. The smallest absolute Gasteiger partial charge is 0.234 e. The SMILES string of the molecule is Cc1ccc(NC(=O)CSc2cc(C#N)ccn2)c(Br)c1. The summed E-state index contributed by atoms with van der Waals surface area (Å²) in [4.78, 5) is 16.0. The molecule has 0 unspecified atom stereocenters. The van der Waals surface area contributed by atoms with Gasteiger partial charge in [0.05, 0.1) is 28.1 Å². The summed E-state index contributed by atoms with van der Waals surface area (Å²) in [5.74, 6) is 0.121. The molecule has 0 aliphatic carbocycles. The van der Waals surface area contributed by atoms with Crippen LogP contribution in [0.25, 0.3) is 0 Å². The Balaban J connectivity index is 1.94. The van der Waals surface area contributed by atoms with E-state index in [-0.39, 0.29) is 11.7 Å². The van der Waals surface area contributed by atoms with Crippen LogP contribution in [0.3, 0.4) is 0 Å². The van der Waals surface area contributed by atoms with Crippen LogP contribution in [0.2, 0.25) is 0 Å². The maximum Gasteiger partial charge on any atom is 0.234 e. The number of hydrogen-bond acceptors (Lipinski definition) is 4. The van der Waals surface area contributed by atoms with Gasteiger partial charge in [0.25, 0.3) is 0 Å². The number of aromatic nitrogens is 1. The van der Waals surface area contributed by atoms with Crippen molar-refractivity contribution in [1.82, 2.24) is 4.98 Å². The van der Waals surface area contributed by atoms with Crippen LogP contribution in [-0.2, 0) is 4.79 Å². The van der Waals surface area contributed by atoms with Gasteiger partial charge >= 0.3 is 0 Å². The van der Waals surface area contributed by atoms with Crippen LogP contribution in [0.15, 0.2) is 46.0 Å². The number of aryl methyl sites for hydroxylation is 1. The number of carbonyl (C=O) groups is 1. The highest BCUT2D eigenvalue weighted by Gasteiger charge is 2.07. The molecule has 0 aliphatic rings. The van der Waals surface area contributed by atoms with Gasteiger partial charge in [-0.1, -0.05) is 17.8 Å². The second-order valence-corrected chi connectivity index (χ2v) is 6.16. The van der Waals surface area contributed by atoms with E-state index < -0.39 is 0 Å². The predicted molar refractivity (Wildman–Crippen MR) is 87.2 cm³/mol. The molecule has 0 bridgehead atoms. The number of anilines is 1. The van der Waals surface area contributed by atoms with Crippen LogP contribution in [0.5, 0.6) is 0 Å². The fraction of sp³-hybridized carbons (Fsp3) is 0.133. The topological polar surface area (TPSA) is 65.8 Å². The number of rotatable bonds is 4. The average Bonchev–Trinajstić information content (AvgIpc) is 2.48. The lowest BCUT2D eigenvalue weighted by Gasteiger charge is -2.08. The zero-order valence-electron chi connectivity index (χ0n) is 11.3. The van der Waals surface area contributed by atoms with Gasteiger partial charge in [-0.15, -0.1) is 0 Å². The van der Waals surface area contributed by atoms with Crippen LogP contribution in [-0.4, -0.2) is 16.6 Å². The van der Waals surface area contributed by atoms with Crippen molar-refractivity contribution >= 4 is 39.3 Å². The van der Waals surface area contributed by atoms with Crippen molar-refractivity contribution in [3.05, 3.63) is 52.1 Å². The van der Waals surface area contributed by atoms with Crippen LogP contribution in [0.1, 0.15) is 11.1 Å². The Morgan fingerprint density at radius 1 is 1.43 bits per heavy atom. The molecule has 1 aromatic carbocycles. The van der Waals surface area contributed by atoms with Crippen LogP contribution >= 0.6 is 27.7 Å².